The van der Waals surface area contributed by atoms with Gasteiger partial charge in [-0.25, -0.2) is 0 Å². The summed E-state index contributed by atoms with van der Waals surface area (Å²) < 4.78 is 24.6. The van der Waals surface area contributed by atoms with E-state index < -0.39 is 26.6 Å². The Morgan fingerprint density at radius 1 is 0.944 bits per heavy atom. The van der Waals surface area contributed by atoms with Gasteiger partial charge < -0.3 is 16.8 Å². The Kier molecular flexibility index (Phi) is 4.41. The molecule has 7 heteroatoms. The lowest BCUT2D eigenvalue weighted by molar-refractivity contribution is 0.0323. The molecule has 1 fully saturated rings. The predicted octanol–water partition coefficient (Wildman–Crippen LogP) is 3.16. The summed E-state index contributed by atoms with van der Waals surface area (Å²) >= 11 is 0. The molecule has 3 unspecified atom stereocenters. The monoisotopic (exact) mass is 308 g/mol. The Morgan fingerprint density at radius 3 is 1.83 bits per heavy atom. The predicted molar refractivity (Wildman–Crippen MR) is 80.1 cm³/mol. The molecule has 1 saturated heterocycles. The van der Waals surface area contributed by atoms with Crippen LogP contribution in [-0.4, -0.2) is 32.3 Å². The Balaban J connectivity index is 2.97. The summed E-state index contributed by atoms with van der Waals surface area (Å²) in [5, 5.41) is 0.0214. The van der Waals surface area contributed by atoms with Gasteiger partial charge in [-0.05, 0) is 33.9 Å². The van der Waals surface area contributed by atoms with Crippen LogP contribution in [0.3, 0.4) is 0 Å². The first-order chi connectivity index (χ1) is 7.77. The Hall–Kier alpha value is 0.491. The molecule has 0 spiro atoms. The van der Waals surface area contributed by atoms with Gasteiger partial charge in [0.1, 0.15) is 0 Å². The Morgan fingerprint density at radius 2 is 1.44 bits per heavy atom. The van der Waals surface area contributed by atoms with E-state index in [0.717, 1.165) is 0 Å². The zero-order valence-corrected chi connectivity index (χ0v) is 16.4. The van der Waals surface area contributed by atoms with Gasteiger partial charge in [-0.2, -0.15) is 0 Å². The zero-order valence-electron chi connectivity index (χ0n) is 13.2. The fourth-order valence-electron chi connectivity index (χ4n) is 1.98. The van der Waals surface area contributed by atoms with Crippen molar-refractivity contribution in [2.45, 2.75) is 71.8 Å². The van der Waals surface area contributed by atoms with E-state index in [1.54, 1.807) is 0 Å². The van der Waals surface area contributed by atoms with E-state index >= 15 is 0 Å². The molecular weight excluding hydrogens is 280 g/mol. The second kappa shape index (κ2) is 4.80. The van der Waals surface area contributed by atoms with Crippen molar-refractivity contribution in [2.75, 3.05) is 0 Å². The maximum Gasteiger partial charge on any atom is 0.480 e. The van der Waals surface area contributed by atoms with Crippen molar-refractivity contribution in [1.29, 1.82) is 0 Å². The SMILES string of the molecule is C[SiH]1O[Si](C)(OC(C)(C)C)O[Si](C)(C(C)(C)C)O1. The molecular formula is C11H28O4Si3. The average molecular weight is 309 g/mol. The lowest BCUT2D eigenvalue weighted by Gasteiger charge is -2.50. The minimum Gasteiger partial charge on any atom is -0.418 e. The molecule has 1 aliphatic rings. The first-order valence-corrected chi connectivity index (χ1v) is 13.2. The normalized spacial score (nSPS) is 38.8. The molecule has 0 bridgehead atoms. The molecule has 1 heterocycles. The van der Waals surface area contributed by atoms with Crippen LogP contribution in [0.15, 0.2) is 0 Å². The molecule has 1 rings (SSSR count). The molecule has 18 heavy (non-hydrogen) atoms. The molecule has 0 saturated carbocycles. The van der Waals surface area contributed by atoms with Crippen molar-refractivity contribution < 1.29 is 16.8 Å². The fourth-order valence-corrected chi connectivity index (χ4v) is 15.7. The highest BCUT2D eigenvalue weighted by Crippen LogP contribution is 2.43. The minimum absolute atomic E-state index is 0.0214. The third-order valence-corrected chi connectivity index (χ3v) is 15.9. The van der Waals surface area contributed by atoms with Crippen LogP contribution in [-0.2, 0) is 16.8 Å². The molecule has 0 N–H and O–H groups in total. The van der Waals surface area contributed by atoms with Gasteiger partial charge in [0.2, 0.25) is 0 Å². The van der Waals surface area contributed by atoms with Gasteiger partial charge in [0.25, 0.3) is 0 Å². The van der Waals surface area contributed by atoms with Crippen LogP contribution in [0.25, 0.3) is 0 Å². The third kappa shape index (κ3) is 3.99. The van der Waals surface area contributed by atoms with Gasteiger partial charge >= 0.3 is 26.6 Å². The zero-order chi connectivity index (χ0) is 14.4. The Bertz CT molecular complexity index is 312. The van der Waals surface area contributed by atoms with E-state index in [-0.39, 0.29) is 10.6 Å². The van der Waals surface area contributed by atoms with Gasteiger partial charge in [-0.1, -0.05) is 20.8 Å². The van der Waals surface area contributed by atoms with Crippen LogP contribution in [0.2, 0.25) is 24.7 Å². The largest absolute Gasteiger partial charge is 0.480 e. The van der Waals surface area contributed by atoms with Gasteiger partial charge in [0.05, 0.1) is 5.60 Å². The summed E-state index contributed by atoms with van der Waals surface area (Å²) in [6, 6.07) is 0. The second-order valence-corrected chi connectivity index (χ2v) is 16.3. The molecule has 4 nitrogen and oxygen atoms in total. The molecule has 0 amide bonds. The van der Waals surface area contributed by atoms with Crippen LogP contribution >= 0.6 is 0 Å². The fraction of sp³-hybridized carbons (Fsp3) is 1.00. The van der Waals surface area contributed by atoms with Gasteiger partial charge in [-0.3, -0.25) is 0 Å². The van der Waals surface area contributed by atoms with Crippen molar-refractivity contribution in [3.63, 3.8) is 0 Å². The van der Waals surface area contributed by atoms with E-state index in [9.17, 15) is 0 Å². The smallest absolute Gasteiger partial charge is 0.418 e. The lowest BCUT2D eigenvalue weighted by Crippen LogP contribution is -2.67. The highest BCUT2D eigenvalue weighted by molar-refractivity contribution is 6.87. The summed E-state index contributed by atoms with van der Waals surface area (Å²) in [4.78, 5) is 0. The standard InChI is InChI=1S/C11H28O4Si3/c1-10(2,3)12-18(9)14-16(7)13-17(8,15-18)11(4,5)6/h16H,1-9H3. The van der Waals surface area contributed by atoms with Crippen LogP contribution in [0, 0.1) is 0 Å². The van der Waals surface area contributed by atoms with Crippen LogP contribution in [0.1, 0.15) is 41.5 Å². The van der Waals surface area contributed by atoms with E-state index in [4.69, 9.17) is 16.8 Å². The molecule has 1 aliphatic heterocycles. The molecule has 0 aromatic heterocycles. The first-order valence-electron chi connectivity index (χ1n) is 6.52. The minimum atomic E-state index is -2.58. The van der Waals surface area contributed by atoms with Crippen molar-refractivity contribution in [3.8, 4) is 0 Å². The second-order valence-electron chi connectivity index (χ2n) is 7.18. The summed E-state index contributed by atoms with van der Waals surface area (Å²) in [5.74, 6) is 0. The Labute approximate surface area is 115 Å². The summed E-state index contributed by atoms with van der Waals surface area (Å²) in [7, 11) is -6.51. The summed E-state index contributed by atoms with van der Waals surface area (Å²) in [6.45, 7) is 18.8. The quantitative estimate of drug-likeness (QED) is 0.697. The molecule has 108 valence electrons. The molecule has 0 aliphatic carbocycles. The van der Waals surface area contributed by atoms with E-state index in [2.05, 4.69) is 33.9 Å². The maximum absolute atomic E-state index is 6.32. The van der Waals surface area contributed by atoms with E-state index in [0.29, 0.717) is 0 Å². The number of rotatable bonds is 1. The highest BCUT2D eigenvalue weighted by Gasteiger charge is 2.58. The molecule has 0 radical (unpaired) electrons. The number of hydrogen-bond donors (Lipinski definition) is 0. The van der Waals surface area contributed by atoms with Crippen molar-refractivity contribution in [2.24, 2.45) is 0 Å². The summed E-state index contributed by atoms with van der Waals surface area (Å²) in [5.41, 5.74) is -0.250. The highest BCUT2D eigenvalue weighted by atomic mass is 28.5. The van der Waals surface area contributed by atoms with Crippen molar-refractivity contribution >= 4 is 26.6 Å². The maximum atomic E-state index is 6.32. The van der Waals surface area contributed by atoms with E-state index in [1.807, 2.05) is 27.3 Å². The van der Waals surface area contributed by atoms with E-state index in [1.165, 1.54) is 0 Å². The van der Waals surface area contributed by atoms with Gasteiger partial charge in [0, 0.05) is 11.6 Å². The molecule has 0 aromatic rings. The topological polar surface area (TPSA) is 36.9 Å². The van der Waals surface area contributed by atoms with Crippen molar-refractivity contribution in [1.82, 2.24) is 0 Å². The first kappa shape index (κ1) is 16.5. The number of hydrogen-bond acceptors (Lipinski definition) is 4. The molecule has 0 aromatic carbocycles. The van der Waals surface area contributed by atoms with Crippen LogP contribution < -0.4 is 0 Å². The van der Waals surface area contributed by atoms with Gasteiger partial charge in [0.15, 0.2) is 0 Å². The van der Waals surface area contributed by atoms with Gasteiger partial charge in [-0.15, -0.1) is 0 Å². The summed E-state index contributed by atoms with van der Waals surface area (Å²) in [6.07, 6.45) is 0. The lowest BCUT2D eigenvalue weighted by atomic mass is 10.2. The van der Waals surface area contributed by atoms with Crippen LogP contribution in [0.4, 0.5) is 0 Å². The van der Waals surface area contributed by atoms with Crippen molar-refractivity contribution in [3.05, 3.63) is 0 Å². The molecule has 3 atom stereocenters. The third-order valence-electron chi connectivity index (χ3n) is 3.01. The van der Waals surface area contributed by atoms with Crippen LogP contribution in [0.5, 0.6) is 0 Å². The average Bonchev–Trinajstić information content (AvgIpc) is 1.91.